The molecule has 0 aliphatic carbocycles. The van der Waals surface area contributed by atoms with Crippen LogP contribution < -0.4 is 15.0 Å². The molecule has 5 nitrogen and oxygen atoms in total. The molecule has 0 radical (unpaired) electrons. The Morgan fingerprint density at radius 2 is 1.68 bits per heavy atom. The molecular formula is C26H30N3O2+. The van der Waals surface area contributed by atoms with Gasteiger partial charge in [0.05, 0.1) is 25.3 Å². The highest BCUT2D eigenvalue weighted by Crippen LogP contribution is 2.15. The van der Waals surface area contributed by atoms with E-state index in [1.165, 1.54) is 16.0 Å². The third kappa shape index (κ3) is 6.40. The maximum atomic E-state index is 12.5. The van der Waals surface area contributed by atoms with Crippen LogP contribution in [0, 0.1) is 5.92 Å². The molecule has 2 aromatic carbocycles. The topological polar surface area (TPSA) is 55.7 Å². The summed E-state index contributed by atoms with van der Waals surface area (Å²) < 4.78 is 5.88. The number of hydrogen-bond donors (Lipinski definition) is 2. The number of hydrogen-bond acceptors (Lipinski definition) is 3. The van der Waals surface area contributed by atoms with Gasteiger partial charge in [0.2, 0.25) is 5.91 Å². The van der Waals surface area contributed by atoms with E-state index in [0.717, 1.165) is 43.9 Å². The van der Waals surface area contributed by atoms with Crippen molar-refractivity contribution in [1.82, 2.24) is 10.3 Å². The summed E-state index contributed by atoms with van der Waals surface area (Å²) in [6.45, 7) is 4.12. The Kier molecular flexibility index (Phi) is 7.29. The molecule has 1 aliphatic rings. The fraction of sp³-hybridized carbons (Fsp3) is 0.308. The predicted molar refractivity (Wildman–Crippen MR) is 120 cm³/mol. The van der Waals surface area contributed by atoms with Crippen molar-refractivity contribution in [3.8, 4) is 5.75 Å². The summed E-state index contributed by atoms with van der Waals surface area (Å²) in [6.07, 6.45) is 3.62. The average molecular weight is 417 g/mol. The standard InChI is InChI=1S/C26H29N3O2/c30-26(28-18-24-8-4-5-15-27-24)23-13-16-29(17-14-23)19-21-9-11-25(12-10-21)31-20-22-6-2-1-3-7-22/h1-12,15,23H,13-14,16-20H2,(H,28,30)/p+1. The summed E-state index contributed by atoms with van der Waals surface area (Å²) in [5, 5.41) is 3.04. The minimum Gasteiger partial charge on any atom is -0.489 e. The zero-order valence-electron chi connectivity index (χ0n) is 17.8. The molecule has 1 fully saturated rings. The number of amides is 1. The molecule has 0 atom stereocenters. The average Bonchev–Trinajstić information content (AvgIpc) is 2.84. The summed E-state index contributed by atoms with van der Waals surface area (Å²) in [4.78, 5) is 18.3. The zero-order chi connectivity index (χ0) is 21.3. The van der Waals surface area contributed by atoms with Crippen molar-refractivity contribution in [3.05, 3.63) is 95.8 Å². The molecule has 4 rings (SSSR count). The first kappa shape index (κ1) is 21.1. The number of aromatic nitrogens is 1. The molecule has 0 spiro atoms. The fourth-order valence-electron chi connectivity index (χ4n) is 4.02. The van der Waals surface area contributed by atoms with Gasteiger partial charge in [0, 0.05) is 30.5 Å². The van der Waals surface area contributed by atoms with E-state index in [1.807, 2.05) is 36.4 Å². The van der Waals surface area contributed by atoms with Crippen molar-refractivity contribution in [2.75, 3.05) is 13.1 Å². The van der Waals surface area contributed by atoms with Crippen molar-refractivity contribution < 1.29 is 14.4 Å². The Labute approximate surface area is 184 Å². The number of benzene rings is 2. The lowest BCUT2D eigenvalue weighted by molar-refractivity contribution is -0.919. The first-order valence-electron chi connectivity index (χ1n) is 11.0. The van der Waals surface area contributed by atoms with Crippen molar-refractivity contribution in [1.29, 1.82) is 0 Å². The van der Waals surface area contributed by atoms with Crippen LogP contribution in [0.25, 0.3) is 0 Å². The molecule has 0 bridgehead atoms. The first-order chi connectivity index (χ1) is 15.3. The van der Waals surface area contributed by atoms with Gasteiger partial charge in [0.15, 0.2) is 0 Å². The molecule has 1 aliphatic heterocycles. The number of ether oxygens (including phenoxy) is 1. The van der Waals surface area contributed by atoms with Crippen LogP contribution in [-0.4, -0.2) is 24.0 Å². The van der Waals surface area contributed by atoms with Gasteiger partial charge in [0.25, 0.3) is 0 Å². The monoisotopic (exact) mass is 416 g/mol. The largest absolute Gasteiger partial charge is 0.489 e. The minimum absolute atomic E-state index is 0.112. The highest BCUT2D eigenvalue weighted by atomic mass is 16.5. The number of carbonyl (C=O) groups excluding carboxylic acids is 1. The molecule has 2 heterocycles. The number of nitrogens with one attached hydrogen (secondary N) is 2. The lowest BCUT2D eigenvalue weighted by atomic mass is 9.95. The van der Waals surface area contributed by atoms with Crippen molar-refractivity contribution >= 4 is 5.91 Å². The molecule has 31 heavy (non-hydrogen) atoms. The molecule has 1 aromatic heterocycles. The molecule has 1 amide bonds. The second-order valence-corrected chi connectivity index (χ2v) is 8.16. The number of pyridine rings is 1. The van der Waals surface area contributed by atoms with Gasteiger partial charge >= 0.3 is 0 Å². The second kappa shape index (κ2) is 10.7. The minimum atomic E-state index is 0.112. The number of piperidine rings is 1. The highest BCUT2D eigenvalue weighted by molar-refractivity contribution is 5.78. The van der Waals surface area contributed by atoms with Crippen LogP contribution in [0.15, 0.2) is 79.0 Å². The zero-order valence-corrected chi connectivity index (χ0v) is 17.8. The van der Waals surface area contributed by atoms with E-state index in [0.29, 0.717) is 13.2 Å². The normalized spacial score (nSPS) is 18.3. The van der Waals surface area contributed by atoms with E-state index >= 15 is 0 Å². The second-order valence-electron chi connectivity index (χ2n) is 8.16. The van der Waals surface area contributed by atoms with Gasteiger partial charge in [-0.05, 0) is 42.0 Å². The molecule has 1 saturated heterocycles. The molecule has 0 unspecified atom stereocenters. The van der Waals surface area contributed by atoms with Crippen molar-refractivity contribution in [2.45, 2.75) is 32.5 Å². The summed E-state index contributed by atoms with van der Waals surface area (Å²) in [5.41, 5.74) is 3.37. The molecule has 2 N–H and O–H groups in total. The SMILES string of the molecule is O=C(NCc1ccccn1)C1CC[NH+](Cc2ccc(OCc3ccccc3)cc2)CC1. The lowest BCUT2D eigenvalue weighted by Crippen LogP contribution is -3.11. The number of nitrogens with zero attached hydrogens (tertiary/aromatic N) is 1. The van der Waals surface area contributed by atoms with E-state index in [1.54, 1.807) is 6.20 Å². The first-order valence-corrected chi connectivity index (χ1v) is 11.0. The van der Waals surface area contributed by atoms with Crippen molar-refractivity contribution in [2.24, 2.45) is 5.92 Å². The Hall–Kier alpha value is -3.18. The van der Waals surface area contributed by atoms with E-state index in [4.69, 9.17) is 4.74 Å². The van der Waals surface area contributed by atoms with Crippen molar-refractivity contribution in [3.63, 3.8) is 0 Å². The summed E-state index contributed by atoms with van der Waals surface area (Å²) in [5.74, 6) is 1.16. The van der Waals surface area contributed by atoms with Gasteiger partial charge in [-0.3, -0.25) is 9.78 Å². The summed E-state index contributed by atoms with van der Waals surface area (Å²) >= 11 is 0. The highest BCUT2D eigenvalue weighted by Gasteiger charge is 2.27. The smallest absolute Gasteiger partial charge is 0.223 e. The Morgan fingerprint density at radius 3 is 2.39 bits per heavy atom. The number of rotatable bonds is 8. The Bertz CT molecular complexity index is 937. The maximum Gasteiger partial charge on any atom is 0.223 e. The summed E-state index contributed by atoms with van der Waals surface area (Å²) in [7, 11) is 0. The van der Waals surface area contributed by atoms with Gasteiger partial charge in [-0.25, -0.2) is 0 Å². The van der Waals surface area contributed by atoms with Crippen LogP contribution in [0.4, 0.5) is 0 Å². The van der Waals surface area contributed by atoms with Crippen LogP contribution in [-0.2, 0) is 24.5 Å². The third-order valence-corrected chi connectivity index (χ3v) is 5.86. The number of likely N-dealkylation sites (tertiary alicyclic amines) is 1. The fourth-order valence-corrected chi connectivity index (χ4v) is 4.02. The van der Waals surface area contributed by atoms with Crippen LogP contribution >= 0.6 is 0 Å². The van der Waals surface area contributed by atoms with E-state index < -0.39 is 0 Å². The Morgan fingerprint density at radius 1 is 0.935 bits per heavy atom. The van der Waals surface area contributed by atoms with Gasteiger partial charge < -0.3 is 15.0 Å². The van der Waals surface area contributed by atoms with Crippen LogP contribution in [0.3, 0.4) is 0 Å². The summed E-state index contributed by atoms with van der Waals surface area (Å²) in [6, 6.07) is 24.4. The lowest BCUT2D eigenvalue weighted by Gasteiger charge is -2.28. The van der Waals surface area contributed by atoms with Crippen LogP contribution in [0.2, 0.25) is 0 Å². The molecule has 3 aromatic rings. The maximum absolute atomic E-state index is 12.5. The van der Waals surface area contributed by atoms with Crippen LogP contribution in [0.5, 0.6) is 5.75 Å². The van der Waals surface area contributed by atoms with Gasteiger partial charge in [-0.15, -0.1) is 0 Å². The molecule has 160 valence electrons. The van der Waals surface area contributed by atoms with Gasteiger partial charge in [-0.2, -0.15) is 0 Å². The Balaban J connectivity index is 1.18. The van der Waals surface area contributed by atoms with Gasteiger partial charge in [-0.1, -0.05) is 36.4 Å². The molecule has 0 saturated carbocycles. The van der Waals surface area contributed by atoms with Gasteiger partial charge in [0.1, 0.15) is 18.9 Å². The molecule has 5 heteroatoms. The molecular weight excluding hydrogens is 386 g/mol. The van der Waals surface area contributed by atoms with E-state index in [2.05, 4.69) is 46.7 Å². The number of carbonyl (C=O) groups is 1. The number of quaternary nitrogens is 1. The van der Waals surface area contributed by atoms with E-state index in [-0.39, 0.29) is 11.8 Å². The van der Waals surface area contributed by atoms with Crippen LogP contribution in [0.1, 0.15) is 29.7 Å². The third-order valence-electron chi connectivity index (χ3n) is 5.86. The van der Waals surface area contributed by atoms with E-state index in [9.17, 15) is 4.79 Å². The quantitative estimate of drug-likeness (QED) is 0.594. The predicted octanol–water partition coefficient (Wildman–Crippen LogP) is 2.77.